The van der Waals surface area contributed by atoms with Crippen molar-refractivity contribution in [2.45, 2.75) is 13.8 Å². The normalized spacial score (nSPS) is 10.8. The number of ether oxygens (including phenoxy) is 1. The number of carbonyl (C=O) groups excluding carboxylic acids is 1. The molecule has 18 heavy (non-hydrogen) atoms. The van der Waals surface area contributed by atoms with Gasteiger partial charge in [0.05, 0.1) is 12.2 Å². The van der Waals surface area contributed by atoms with E-state index in [0.29, 0.717) is 17.6 Å². The molecule has 0 saturated carbocycles. The van der Waals surface area contributed by atoms with Gasteiger partial charge >= 0.3 is 0 Å². The van der Waals surface area contributed by atoms with E-state index >= 15 is 0 Å². The summed E-state index contributed by atoms with van der Waals surface area (Å²) in [5.41, 5.74) is -0.0771. The van der Waals surface area contributed by atoms with Gasteiger partial charge in [0.1, 0.15) is 12.4 Å². The average molecular weight is 253 g/mol. The lowest BCUT2D eigenvalue weighted by molar-refractivity contribution is -0.760. The molecule has 0 N–H and O–H groups in total. The average Bonchev–Trinajstić information content (AvgIpc) is 2.34. The maximum atomic E-state index is 10.8. The minimum absolute atomic E-state index is 0.0662. The van der Waals surface area contributed by atoms with Crippen molar-refractivity contribution >= 4 is 6.29 Å². The van der Waals surface area contributed by atoms with Crippen LogP contribution < -0.4 is 4.74 Å². The smallest absolute Gasteiger partial charge is 0.294 e. The molecule has 0 fully saturated rings. The lowest BCUT2D eigenvalue weighted by Gasteiger charge is -2.23. The molecule has 0 aromatic heterocycles. The van der Waals surface area contributed by atoms with Crippen LogP contribution in [0.5, 0.6) is 5.75 Å². The topological polar surface area (TPSA) is 78.7 Å². The minimum Gasteiger partial charge on any atom is -0.492 e. The van der Waals surface area contributed by atoms with Crippen LogP contribution in [-0.4, -0.2) is 24.6 Å². The van der Waals surface area contributed by atoms with Crippen LogP contribution in [0, 0.1) is 15.5 Å². The Balaban J connectivity index is 2.58. The van der Waals surface area contributed by atoms with Gasteiger partial charge in [-0.15, -0.1) is 10.1 Å². The van der Waals surface area contributed by atoms with Gasteiger partial charge in [-0.2, -0.15) is 0 Å². The predicted octanol–water partition coefficient (Wildman–Crippen LogP) is 2.11. The number of aldehydes is 1. The van der Waals surface area contributed by atoms with Crippen LogP contribution in [0.2, 0.25) is 0 Å². The molecule has 0 unspecified atom stereocenters. The molecule has 1 rings (SSSR count). The van der Waals surface area contributed by atoms with Crippen molar-refractivity contribution in [1.82, 2.24) is 0 Å². The monoisotopic (exact) mass is 253 g/mol. The molecule has 0 aliphatic rings. The Labute approximate surface area is 105 Å². The van der Waals surface area contributed by atoms with E-state index < -0.39 is 10.5 Å². The van der Waals surface area contributed by atoms with E-state index in [1.165, 1.54) is 0 Å². The fourth-order valence-electron chi connectivity index (χ4n) is 1.25. The molecule has 0 aliphatic carbocycles. The first-order valence-electron chi connectivity index (χ1n) is 5.39. The van der Waals surface area contributed by atoms with Crippen molar-refractivity contribution in [1.29, 1.82) is 0 Å². The van der Waals surface area contributed by atoms with Crippen LogP contribution >= 0.6 is 0 Å². The summed E-state index contributed by atoms with van der Waals surface area (Å²) in [6.45, 7) is 3.70. The lowest BCUT2D eigenvalue weighted by atomic mass is 9.96. The van der Waals surface area contributed by atoms with E-state index in [4.69, 9.17) is 4.74 Å². The molecular weight excluding hydrogens is 238 g/mol. The van der Waals surface area contributed by atoms with Gasteiger partial charge in [-0.1, -0.05) is 26.0 Å². The zero-order valence-corrected chi connectivity index (χ0v) is 10.3. The van der Waals surface area contributed by atoms with Gasteiger partial charge in [0.2, 0.25) is 0 Å². The Hall–Kier alpha value is -2.11. The van der Waals surface area contributed by atoms with Gasteiger partial charge in [0.25, 0.3) is 5.09 Å². The second kappa shape index (κ2) is 6.00. The van der Waals surface area contributed by atoms with E-state index in [1.54, 1.807) is 38.1 Å². The van der Waals surface area contributed by atoms with Crippen molar-refractivity contribution < 1.29 is 19.5 Å². The second-order valence-corrected chi connectivity index (χ2v) is 4.61. The number of nitrogens with zero attached hydrogens (tertiary/aromatic N) is 1. The highest BCUT2D eigenvalue weighted by molar-refractivity contribution is 5.79. The fraction of sp³-hybridized carbons (Fsp3) is 0.417. The Bertz CT molecular complexity index is 430. The molecule has 0 radical (unpaired) electrons. The Kier molecular flexibility index (Phi) is 4.65. The van der Waals surface area contributed by atoms with Crippen LogP contribution in [0.4, 0.5) is 0 Å². The summed E-state index contributed by atoms with van der Waals surface area (Å²) in [5.74, 6) is 0.460. The molecule has 0 heterocycles. The van der Waals surface area contributed by atoms with E-state index in [1.807, 2.05) is 0 Å². The summed E-state index contributed by atoms with van der Waals surface area (Å²) in [7, 11) is 0. The zero-order chi connectivity index (χ0) is 13.6. The predicted molar refractivity (Wildman–Crippen MR) is 64.1 cm³/mol. The number of para-hydroxylation sites is 1. The molecule has 0 aliphatic heterocycles. The number of hydrogen-bond donors (Lipinski definition) is 0. The first kappa shape index (κ1) is 14.0. The highest BCUT2D eigenvalue weighted by Crippen LogP contribution is 2.21. The van der Waals surface area contributed by atoms with Gasteiger partial charge in [-0.3, -0.25) is 4.79 Å². The third-order valence-electron chi connectivity index (χ3n) is 2.23. The maximum Gasteiger partial charge on any atom is 0.294 e. The second-order valence-electron chi connectivity index (χ2n) is 4.61. The molecule has 0 saturated heterocycles. The summed E-state index contributed by atoms with van der Waals surface area (Å²) in [6.07, 6.45) is 0.704. The third-order valence-corrected chi connectivity index (χ3v) is 2.23. The van der Waals surface area contributed by atoms with Crippen LogP contribution in [-0.2, 0) is 4.84 Å². The summed E-state index contributed by atoms with van der Waals surface area (Å²) in [4.78, 5) is 25.2. The quantitative estimate of drug-likeness (QED) is 0.422. The largest absolute Gasteiger partial charge is 0.492 e. The lowest BCUT2D eigenvalue weighted by Crippen LogP contribution is -2.28. The molecule has 0 bridgehead atoms. The van der Waals surface area contributed by atoms with E-state index in [2.05, 4.69) is 4.84 Å². The van der Waals surface area contributed by atoms with Gasteiger partial charge in [-0.05, 0) is 12.1 Å². The molecule has 1 aromatic carbocycles. The molecule has 6 nitrogen and oxygen atoms in total. The van der Waals surface area contributed by atoms with Gasteiger partial charge in [0.15, 0.2) is 6.29 Å². The summed E-state index contributed by atoms with van der Waals surface area (Å²) >= 11 is 0. The number of rotatable bonds is 7. The summed E-state index contributed by atoms with van der Waals surface area (Å²) < 4.78 is 5.49. The molecule has 98 valence electrons. The molecular formula is C12H15NO5. The number of hydrogen-bond acceptors (Lipinski definition) is 5. The van der Waals surface area contributed by atoms with Crippen molar-refractivity contribution in [3.05, 3.63) is 39.9 Å². The van der Waals surface area contributed by atoms with Crippen LogP contribution in [0.3, 0.4) is 0 Å². The Morgan fingerprint density at radius 2 is 2.00 bits per heavy atom. The van der Waals surface area contributed by atoms with Crippen molar-refractivity contribution in [3.63, 3.8) is 0 Å². The Morgan fingerprint density at radius 3 is 2.61 bits per heavy atom. The molecule has 0 spiro atoms. The van der Waals surface area contributed by atoms with E-state index in [9.17, 15) is 14.9 Å². The summed E-state index contributed by atoms with van der Waals surface area (Å²) in [5, 5.41) is 9.28. The fourth-order valence-corrected chi connectivity index (χ4v) is 1.25. The first-order chi connectivity index (χ1) is 8.44. The van der Waals surface area contributed by atoms with E-state index in [0.717, 1.165) is 0 Å². The highest BCUT2D eigenvalue weighted by atomic mass is 16.9. The van der Waals surface area contributed by atoms with Gasteiger partial charge < -0.3 is 9.57 Å². The standard InChI is InChI=1S/C12H15NO5/c1-12(2,9-18-13(15)16)8-17-11-6-4-3-5-10(11)7-14/h3-7H,8-9H2,1-2H3. The number of benzene rings is 1. The van der Waals surface area contributed by atoms with Crippen LogP contribution in [0.25, 0.3) is 0 Å². The maximum absolute atomic E-state index is 10.8. The first-order valence-corrected chi connectivity index (χ1v) is 5.39. The molecule has 0 atom stereocenters. The van der Waals surface area contributed by atoms with Crippen molar-refractivity contribution in [3.8, 4) is 5.75 Å². The highest BCUT2D eigenvalue weighted by Gasteiger charge is 2.21. The zero-order valence-electron chi connectivity index (χ0n) is 10.3. The van der Waals surface area contributed by atoms with Crippen molar-refractivity contribution in [2.24, 2.45) is 5.41 Å². The number of carbonyl (C=O) groups is 1. The van der Waals surface area contributed by atoms with Crippen LogP contribution in [0.15, 0.2) is 24.3 Å². The summed E-state index contributed by atoms with van der Waals surface area (Å²) in [6, 6.07) is 6.80. The molecule has 1 aromatic rings. The SMILES string of the molecule is CC(C)(COc1ccccc1C=O)CO[N+](=O)[O-]. The van der Waals surface area contributed by atoms with E-state index in [-0.39, 0.29) is 13.2 Å². The van der Waals surface area contributed by atoms with Crippen molar-refractivity contribution in [2.75, 3.05) is 13.2 Å². The molecule has 6 heteroatoms. The van der Waals surface area contributed by atoms with Gasteiger partial charge in [0, 0.05) is 5.41 Å². The molecule has 0 amide bonds. The Morgan fingerprint density at radius 1 is 1.33 bits per heavy atom. The van der Waals surface area contributed by atoms with Gasteiger partial charge in [-0.25, -0.2) is 0 Å². The van der Waals surface area contributed by atoms with Crippen LogP contribution in [0.1, 0.15) is 24.2 Å². The third kappa shape index (κ3) is 4.40. The minimum atomic E-state index is -0.832.